The fourth-order valence-corrected chi connectivity index (χ4v) is 3.15. The third kappa shape index (κ3) is 5.48. The first-order valence-corrected chi connectivity index (χ1v) is 9.03. The largest absolute Gasteiger partial charge is 0.461 e. The summed E-state index contributed by atoms with van der Waals surface area (Å²) >= 11 is 1.55. The molecular weight excluding hydrogens is 324 g/mol. The SMILES string of the molecule is CCCC(=C=CC[C@@H](O)c1ccc(CO)o1)C[C@@H](O)c1cccs1. The molecule has 2 atom stereocenters. The molecule has 130 valence electrons. The lowest BCUT2D eigenvalue weighted by atomic mass is 10.0. The maximum atomic E-state index is 10.3. The van der Waals surface area contributed by atoms with Crippen molar-refractivity contribution in [3.8, 4) is 0 Å². The molecule has 0 unspecified atom stereocenters. The van der Waals surface area contributed by atoms with Gasteiger partial charge in [-0.15, -0.1) is 17.1 Å². The molecule has 0 aliphatic rings. The number of hydrogen-bond donors (Lipinski definition) is 3. The maximum Gasteiger partial charge on any atom is 0.133 e. The van der Waals surface area contributed by atoms with Crippen LogP contribution in [0.25, 0.3) is 0 Å². The van der Waals surface area contributed by atoms with E-state index in [1.54, 1.807) is 29.5 Å². The maximum absolute atomic E-state index is 10.3. The van der Waals surface area contributed by atoms with Crippen molar-refractivity contribution in [3.63, 3.8) is 0 Å². The van der Waals surface area contributed by atoms with E-state index in [4.69, 9.17) is 9.52 Å². The molecule has 0 bridgehead atoms. The van der Waals surface area contributed by atoms with Crippen molar-refractivity contribution in [1.29, 1.82) is 0 Å². The van der Waals surface area contributed by atoms with Crippen LogP contribution < -0.4 is 0 Å². The molecule has 0 amide bonds. The van der Waals surface area contributed by atoms with Gasteiger partial charge in [-0.25, -0.2) is 0 Å². The smallest absolute Gasteiger partial charge is 0.133 e. The summed E-state index contributed by atoms with van der Waals surface area (Å²) in [6, 6.07) is 7.18. The predicted molar refractivity (Wildman–Crippen MR) is 94.6 cm³/mol. The lowest BCUT2D eigenvalue weighted by Gasteiger charge is -2.10. The van der Waals surface area contributed by atoms with Gasteiger partial charge in [0.05, 0.1) is 6.10 Å². The van der Waals surface area contributed by atoms with E-state index in [1.165, 1.54) is 0 Å². The number of aliphatic hydroxyl groups is 3. The number of rotatable bonds is 9. The molecular formula is C19H24O4S. The third-order valence-electron chi connectivity index (χ3n) is 3.68. The Balaban J connectivity index is 1.99. The van der Waals surface area contributed by atoms with Crippen LogP contribution in [0.2, 0.25) is 0 Å². The lowest BCUT2D eigenvalue weighted by Crippen LogP contribution is -1.97. The van der Waals surface area contributed by atoms with Crippen molar-refractivity contribution in [1.82, 2.24) is 0 Å². The Bertz CT molecular complexity index is 665. The van der Waals surface area contributed by atoms with Crippen molar-refractivity contribution in [2.45, 2.75) is 51.4 Å². The molecule has 2 rings (SSSR count). The minimum Gasteiger partial charge on any atom is -0.461 e. The summed E-state index contributed by atoms with van der Waals surface area (Å²) in [7, 11) is 0. The molecule has 0 spiro atoms. The zero-order valence-electron chi connectivity index (χ0n) is 13.8. The Morgan fingerprint density at radius 2 is 2.12 bits per heavy atom. The van der Waals surface area contributed by atoms with Crippen molar-refractivity contribution in [2.24, 2.45) is 0 Å². The fraction of sp³-hybridized carbons (Fsp3) is 0.421. The summed E-state index contributed by atoms with van der Waals surface area (Å²) < 4.78 is 5.32. The van der Waals surface area contributed by atoms with Gasteiger partial charge in [0.15, 0.2) is 0 Å². The van der Waals surface area contributed by atoms with Gasteiger partial charge in [0, 0.05) is 17.7 Å². The van der Waals surface area contributed by atoms with E-state index in [-0.39, 0.29) is 6.61 Å². The number of thiophene rings is 1. The van der Waals surface area contributed by atoms with E-state index >= 15 is 0 Å². The van der Waals surface area contributed by atoms with Crippen LogP contribution in [0.5, 0.6) is 0 Å². The van der Waals surface area contributed by atoms with Crippen LogP contribution >= 0.6 is 11.3 Å². The van der Waals surface area contributed by atoms with Crippen molar-refractivity contribution in [3.05, 3.63) is 63.4 Å². The second-order valence-corrected chi connectivity index (χ2v) is 6.63. The molecule has 3 N–H and O–H groups in total. The number of furan rings is 1. The average molecular weight is 348 g/mol. The Kier molecular flexibility index (Phi) is 7.50. The van der Waals surface area contributed by atoms with Crippen LogP contribution in [-0.2, 0) is 6.61 Å². The van der Waals surface area contributed by atoms with E-state index in [2.05, 4.69) is 12.7 Å². The summed E-state index contributed by atoms with van der Waals surface area (Å²) in [6.07, 6.45) is 3.30. The molecule has 0 aliphatic heterocycles. The van der Waals surface area contributed by atoms with Gasteiger partial charge in [-0.2, -0.15) is 0 Å². The quantitative estimate of drug-likeness (QED) is 0.592. The molecule has 0 aliphatic carbocycles. The van der Waals surface area contributed by atoms with Gasteiger partial charge in [-0.1, -0.05) is 19.4 Å². The highest BCUT2D eigenvalue weighted by atomic mass is 32.1. The molecule has 4 nitrogen and oxygen atoms in total. The Morgan fingerprint density at radius 1 is 1.29 bits per heavy atom. The van der Waals surface area contributed by atoms with Crippen LogP contribution in [0.15, 0.2) is 51.4 Å². The van der Waals surface area contributed by atoms with Gasteiger partial charge >= 0.3 is 0 Å². The van der Waals surface area contributed by atoms with E-state index < -0.39 is 12.2 Å². The minimum absolute atomic E-state index is 0.177. The predicted octanol–water partition coefficient (Wildman–Crippen LogP) is 4.26. The molecule has 2 aromatic heterocycles. The molecule has 0 aromatic carbocycles. The molecule has 2 aromatic rings. The third-order valence-corrected chi connectivity index (χ3v) is 4.65. The van der Waals surface area contributed by atoms with E-state index in [1.807, 2.05) is 17.5 Å². The van der Waals surface area contributed by atoms with Gasteiger partial charge < -0.3 is 19.7 Å². The second kappa shape index (κ2) is 9.62. The number of hydrogen-bond acceptors (Lipinski definition) is 5. The summed E-state index contributed by atoms with van der Waals surface area (Å²) in [6.45, 7) is 1.91. The van der Waals surface area contributed by atoms with Gasteiger partial charge in [-0.05, 0) is 41.6 Å². The topological polar surface area (TPSA) is 73.8 Å². The molecule has 0 saturated heterocycles. The Hall–Kier alpha value is -1.62. The summed E-state index contributed by atoms with van der Waals surface area (Å²) in [5, 5.41) is 31.3. The van der Waals surface area contributed by atoms with Crippen LogP contribution in [0.4, 0.5) is 0 Å². The highest BCUT2D eigenvalue weighted by Crippen LogP contribution is 2.26. The summed E-state index contributed by atoms with van der Waals surface area (Å²) in [4.78, 5) is 0.956. The molecule has 5 heteroatoms. The molecule has 2 heterocycles. The normalized spacial score (nSPS) is 13.3. The van der Waals surface area contributed by atoms with Gasteiger partial charge in [0.2, 0.25) is 0 Å². The van der Waals surface area contributed by atoms with Crippen LogP contribution in [-0.4, -0.2) is 15.3 Å². The summed E-state index contributed by atoms with van der Waals surface area (Å²) in [5.41, 5.74) is 4.26. The number of aliphatic hydroxyl groups excluding tert-OH is 3. The molecule has 0 saturated carbocycles. The lowest BCUT2D eigenvalue weighted by molar-refractivity contribution is 0.145. The zero-order chi connectivity index (χ0) is 17.4. The van der Waals surface area contributed by atoms with E-state index in [9.17, 15) is 10.2 Å². The molecule has 0 fully saturated rings. The first kappa shape index (κ1) is 18.7. The Labute approximate surface area is 146 Å². The van der Waals surface area contributed by atoms with Crippen molar-refractivity contribution >= 4 is 11.3 Å². The minimum atomic E-state index is -0.761. The highest BCUT2D eigenvalue weighted by molar-refractivity contribution is 7.10. The van der Waals surface area contributed by atoms with Gasteiger partial charge in [-0.3, -0.25) is 0 Å². The van der Waals surface area contributed by atoms with Crippen LogP contribution in [0, 0.1) is 0 Å². The van der Waals surface area contributed by atoms with Crippen LogP contribution in [0.1, 0.15) is 61.2 Å². The van der Waals surface area contributed by atoms with E-state index in [0.29, 0.717) is 24.4 Å². The molecule has 0 radical (unpaired) electrons. The first-order valence-electron chi connectivity index (χ1n) is 8.16. The van der Waals surface area contributed by atoms with Gasteiger partial charge in [0.25, 0.3) is 0 Å². The van der Waals surface area contributed by atoms with Gasteiger partial charge in [0.1, 0.15) is 24.2 Å². The molecule has 24 heavy (non-hydrogen) atoms. The zero-order valence-corrected chi connectivity index (χ0v) is 14.6. The standard InChI is InChI=1S/C19H24O4S/c1-2-5-14(12-17(22)19-8-4-11-24-19)6-3-7-16(21)18-10-9-15(13-20)23-18/h3-4,8-11,16-17,20-22H,2,5,7,12-13H2,1H3/t6?,16-,17-/m1/s1. The van der Waals surface area contributed by atoms with Crippen LogP contribution in [0.3, 0.4) is 0 Å². The summed E-state index contributed by atoms with van der Waals surface area (Å²) in [5.74, 6) is 0.877. The Morgan fingerprint density at radius 3 is 2.75 bits per heavy atom. The average Bonchev–Trinajstić information content (AvgIpc) is 3.26. The van der Waals surface area contributed by atoms with E-state index in [0.717, 1.165) is 23.3 Å². The first-order chi connectivity index (χ1) is 11.6. The monoisotopic (exact) mass is 348 g/mol. The van der Waals surface area contributed by atoms with Crippen molar-refractivity contribution < 1.29 is 19.7 Å². The highest BCUT2D eigenvalue weighted by Gasteiger charge is 2.12. The fourth-order valence-electron chi connectivity index (χ4n) is 2.44. The van der Waals surface area contributed by atoms with Crippen molar-refractivity contribution in [2.75, 3.05) is 0 Å². The second-order valence-electron chi connectivity index (χ2n) is 5.65.